The van der Waals surface area contributed by atoms with E-state index in [0.717, 1.165) is 57.8 Å². The van der Waals surface area contributed by atoms with E-state index < -0.39 is 0 Å². The third kappa shape index (κ3) is 2.97. The second kappa shape index (κ2) is 6.12. The molecule has 1 fully saturated rings. The van der Waals surface area contributed by atoms with Gasteiger partial charge >= 0.3 is 0 Å². The number of rotatable bonds is 5. The zero-order chi connectivity index (χ0) is 13.8. The molecule has 1 aromatic rings. The monoisotopic (exact) mass is 277 g/mol. The number of aliphatic hydroxyl groups is 1. The number of hydrogen-bond acceptors (Lipinski definition) is 4. The molecule has 0 unspecified atom stereocenters. The summed E-state index contributed by atoms with van der Waals surface area (Å²) in [5.41, 5.74) is 2.52. The molecule has 2 N–H and O–H groups in total. The van der Waals surface area contributed by atoms with Crippen LogP contribution >= 0.6 is 0 Å². The van der Waals surface area contributed by atoms with E-state index in [-0.39, 0.29) is 12.1 Å². The van der Waals surface area contributed by atoms with Gasteiger partial charge in [0.25, 0.3) is 0 Å². The van der Waals surface area contributed by atoms with E-state index in [9.17, 15) is 5.11 Å². The van der Waals surface area contributed by atoms with Crippen LogP contribution in [0.2, 0.25) is 0 Å². The van der Waals surface area contributed by atoms with Crippen LogP contribution in [0.15, 0.2) is 18.2 Å². The molecule has 110 valence electrons. The molecular weight excluding hydrogens is 254 g/mol. The highest BCUT2D eigenvalue weighted by molar-refractivity contribution is 5.39. The summed E-state index contributed by atoms with van der Waals surface area (Å²) in [5.74, 6) is 1.04. The van der Waals surface area contributed by atoms with Gasteiger partial charge in [-0.3, -0.25) is 0 Å². The number of aliphatic hydroxyl groups excluding tert-OH is 1. The van der Waals surface area contributed by atoms with Crippen molar-refractivity contribution in [3.63, 3.8) is 0 Å². The third-order valence-electron chi connectivity index (χ3n) is 4.42. The lowest BCUT2D eigenvalue weighted by Gasteiger charge is -2.36. The van der Waals surface area contributed by atoms with Crippen molar-refractivity contribution in [3.05, 3.63) is 29.3 Å². The largest absolute Gasteiger partial charge is 0.493 e. The molecule has 2 aliphatic heterocycles. The van der Waals surface area contributed by atoms with Gasteiger partial charge in [-0.2, -0.15) is 0 Å². The highest BCUT2D eigenvalue weighted by atomic mass is 16.5. The minimum Gasteiger partial charge on any atom is -0.493 e. The fraction of sp³-hybridized carbons (Fsp3) is 0.625. The smallest absolute Gasteiger partial charge is 0.122 e. The number of fused-ring (bicyclic) bond motifs is 1. The van der Waals surface area contributed by atoms with E-state index in [4.69, 9.17) is 9.47 Å². The summed E-state index contributed by atoms with van der Waals surface area (Å²) in [7, 11) is 0. The van der Waals surface area contributed by atoms with E-state index >= 15 is 0 Å². The molecule has 0 radical (unpaired) electrons. The van der Waals surface area contributed by atoms with Crippen molar-refractivity contribution in [3.8, 4) is 5.75 Å². The average Bonchev–Trinajstić information content (AvgIpc) is 2.96. The number of nitrogens with one attached hydrogen (secondary N) is 1. The SMILES string of the molecule is OCC1(NCCc2ccc3c(c2)CCO3)CCOCC1. The van der Waals surface area contributed by atoms with Gasteiger partial charge in [-0.05, 0) is 43.0 Å². The molecular formula is C16H23NO3. The van der Waals surface area contributed by atoms with Gasteiger partial charge in [0.05, 0.1) is 13.2 Å². The molecule has 4 nitrogen and oxygen atoms in total. The maximum atomic E-state index is 9.63. The van der Waals surface area contributed by atoms with E-state index in [1.807, 2.05) is 0 Å². The van der Waals surface area contributed by atoms with Gasteiger partial charge in [0.1, 0.15) is 5.75 Å². The van der Waals surface area contributed by atoms with Crippen LogP contribution in [0.4, 0.5) is 0 Å². The first kappa shape index (κ1) is 13.9. The Labute approximate surface area is 120 Å². The van der Waals surface area contributed by atoms with E-state index in [1.54, 1.807) is 0 Å². The van der Waals surface area contributed by atoms with E-state index in [1.165, 1.54) is 11.1 Å². The Balaban J connectivity index is 1.54. The van der Waals surface area contributed by atoms with Crippen molar-refractivity contribution in [2.24, 2.45) is 0 Å². The predicted octanol–water partition coefficient (Wildman–Crippen LogP) is 1.30. The maximum absolute atomic E-state index is 9.63. The van der Waals surface area contributed by atoms with E-state index in [2.05, 4.69) is 23.5 Å². The lowest BCUT2D eigenvalue weighted by Crippen LogP contribution is -2.52. The molecule has 0 atom stereocenters. The van der Waals surface area contributed by atoms with Crippen LogP contribution in [-0.4, -0.2) is 43.6 Å². The fourth-order valence-corrected chi connectivity index (χ4v) is 3.02. The summed E-state index contributed by atoms with van der Waals surface area (Å²) in [6, 6.07) is 6.47. The number of ether oxygens (including phenoxy) is 2. The summed E-state index contributed by atoms with van der Waals surface area (Å²) in [6.07, 6.45) is 3.79. The Bertz CT molecular complexity index is 455. The molecule has 0 bridgehead atoms. The number of hydrogen-bond donors (Lipinski definition) is 2. The molecule has 0 aromatic heterocycles. The Morgan fingerprint density at radius 1 is 1.20 bits per heavy atom. The molecule has 1 aromatic carbocycles. The molecule has 0 amide bonds. The molecule has 3 rings (SSSR count). The normalized spacial score (nSPS) is 20.4. The van der Waals surface area contributed by atoms with Crippen LogP contribution in [0, 0.1) is 0 Å². The van der Waals surface area contributed by atoms with Crippen LogP contribution in [0.3, 0.4) is 0 Å². The predicted molar refractivity (Wildman–Crippen MR) is 77.2 cm³/mol. The molecule has 4 heteroatoms. The van der Waals surface area contributed by atoms with Gasteiger partial charge in [-0.15, -0.1) is 0 Å². The van der Waals surface area contributed by atoms with Gasteiger partial charge in [0, 0.05) is 25.2 Å². The van der Waals surface area contributed by atoms with Crippen LogP contribution in [0.25, 0.3) is 0 Å². The Morgan fingerprint density at radius 3 is 2.85 bits per heavy atom. The van der Waals surface area contributed by atoms with Crippen molar-refractivity contribution < 1.29 is 14.6 Å². The summed E-state index contributed by atoms with van der Waals surface area (Å²) in [4.78, 5) is 0. The molecule has 0 aliphatic carbocycles. The standard InChI is InChI=1S/C16H23NO3/c18-12-16(5-9-19-10-6-16)17-7-3-13-1-2-15-14(11-13)4-8-20-15/h1-2,11,17-18H,3-10,12H2. The van der Waals surface area contributed by atoms with Crippen LogP contribution in [0.1, 0.15) is 24.0 Å². The van der Waals surface area contributed by atoms with Gasteiger partial charge in [-0.1, -0.05) is 12.1 Å². The second-order valence-corrected chi connectivity index (χ2v) is 5.77. The lowest BCUT2D eigenvalue weighted by atomic mass is 9.90. The zero-order valence-corrected chi connectivity index (χ0v) is 11.9. The van der Waals surface area contributed by atoms with Gasteiger partial charge in [0.15, 0.2) is 0 Å². The zero-order valence-electron chi connectivity index (χ0n) is 11.9. The first-order chi connectivity index (χ1) is 9.81. The topological polar surface area (TPSA) is 50.7 Å². The van der Waals surface area contributed by atoms with Crippen molar-refractivity contribution in [1.29, 1.82) is 0 Å². The number of benzene rings is 1. The van der Waals surface area contributed by atoms with Crippen molar-refractivity contribution in [2.45, 2.75) is 31.2 Å². The summed E-state index contributed by atoms with van der Waals surface area (Å²) in [6.45, 7) is 3.37. The summed E-state index contributed by atoms with van der Waals surface area (Å²) >= 11 is 0. The first-order valence-corrected chi connectivity index (χ1v) is 7.50. The minimum atomic E-state index is -0.141. The molecule has 2 heterocycles. The lowest BCUT2D eigenvalue weighted by molar-refractivity contribution is 0.0123. The molecule has 20 heavy (non-hydrogen) atoms. The maximum Gasteiger partial charge on any atom is 0.122 e. The Hall–Kier alpha value is -1.10. The molecule has 0 spiro atoms. The summed E-state index contributed by atoms with van der Waals surface area (Å²) in [5, 5.41) is 13.2. The van der Waals surface area contributed by atoms with Gasteiger partial charge in [-0.25, -0.2) is 0 Å². The average molecular weight is 277 g/mol. The second-order valence-electron chi connectivity index (χ2n) is 5.77. The van der Waals surface area contributed by atoms with Crippen LogP contribution in [-0.2, 0) is 17.6 Å². The van der Waals surface area contributed by atoms with Crippen LogP contribution < -0.4 is 10.1 Å². The Morgan fingerprint density at radius 2 is 2.05 bits per heavy atom. The van der Waals surface area contributed by atoms with Gasteiger partial charge in [0.2, 0.25) is 0 Å². The quantitative estimate of drug-likeness (QED) is 0.851. The minimum absolute atomic E-state index is 0.141. The fourth-order valence-electron chi connectivity index (χ4n) is 3.02. The van der Waals surface area contributed by atoms with Crippen LogP contribution in [0.5, 0.6) is 5.75 Å². The van der Waals surface area contributed by atoms with Crippen molar-refractivity contribution >= 4 is 0 Å². The third-order valence-corrected chi connectivity index (χ3v) is 4.42. The summed E-state index contributed by atoms with van der Waals surface area (Å²) < 4.78 is 10.9. The van der Waals surface area contributed by atoms with Crippen molar-refractivity contribution in [2.75, 3.05) is 33.0 Å². The molecule has 2 aliphatic rings. The van der Waals surface area contributed by atoms with Gasteiger partial charge < -0.3 is 19.9 Å². The highest BCUT2D eigenvalue weighted by Gasteiger charge is 2.30. The molecule has 0 saturated carbocycles. The first-order valence-electron chi connectivity index (χ1n) is 7.50. The highest BCUT2D eigenvalue weighted by Crippen LogP contribution is 2.26. The Kier molecular flexibility index (Phi) is 4.24. The van der Waals surface area contributed by atoms with E-state index in [0.29, 0.717) is 0 Å². The molecule has 1 saturated heterocycles. The van der Waals surface area contributed by atoms with Crippen molar-refractivity contribution in [1.82, 2.24) is 5.32 Å².